The van der Waals surface area contributed by atoms with Crippen LogP contribution in [-0.4, -0.2) is 21.4 Å². The van der Waals surface area contributed by atoms with Crippen molar-refractivity contribution in [3.05, 3.63) is 83.9 Å². The molecule has 1 aromatic heterocycles. The van der Waals surface area contributed by atoms with Gasteiger partial charge in [0, 0.05) is 11.8 Å². The Bertz CT molecular complexity index is 1430. The smallest absolute Gasteiger partial charge is 0.231 e. The van der Waals surface area contributed by atoms with Gasteiger partial charge in [-0.05, 0) is 59.7 Å². The number of phenols is 2. The van der Waals surface area contributed by atoms with Crippen LogP contribution < -0.4 is 0 Å². The van der Waals surface area contributed by atoms with E-state index in [1.165, 1.54) is 0 Å². The molecule has 0 radical (unpaired) electrons. The molecule has 0 amide bonds. The highest BCUT2D eigenvalue weighted by Crippen LogP contribution is 2.34. The van der Waals surface area contributed by atoms with Crippen LogP contribution in [0.2, 0.25) is 0 Å². The molecule has 0 unspecified atom stereocenters. The molecular weight excluding hydrogens is 376 g/mol. The topological polar surface area (TPSA) is 78.9 Å². The van der Waals surface area contributed by atoms with Crippen molar-refractivity contribution in [1.29, 1.82) is 0 Å². The predicted octanol–water partition coefficient (Wildman–Crippen LogP) is 6.12. The van der Waals surface area contributed by atoms with Crippen LogP contribution in [0, 0.1) is 6.92 Å². The molecule has 0 aliphatic rings. The molecule has 4 aromatic carbocycles. The van der Waals surface area contributed by atoms with Crippen molar-refractivity contribution in [2.45, 2.75) is 6.92 Å². The highest BCUT2D eigenvalue weighted by molar-refractivity contribution is 6.03. The summed E-state index contributed by atoms with van der Waals surface area (Å²) < 4.78 is 5.82. The van der Waals surface area contributed by atoms with E-state index >= 15 is 0 Å². The molecule has 2 N–H and O–H groups in total. The number of aromatic nitrogens is 1. The quantitative estimate of drug-likeness (QED) is 0.361. The van der Waals surface area contributed by atoms with Gasteiger partial charge in [-0.1, -0.05) is 36.4 Å². The molecule has 146 valence electrons. The van der Waals surface area contributed by atoms with Gasteiger partial charge in [0.15, 0.2) is 5.58 Å². The van der Waals surface area contributed by atoms with E-state index in [-0.39, 0.29) is 11.5 Å². The van der Waals surface area contributed by atoms with Gasteiger partial charge in [-0.2, -0.15) is 0 Å². The standard InChI is InChI=1S/C25H18N2O3/c1-15-6-11-24-21(12-15)27-25(30-24)19-13-17(8-10-22(19)28)26-14-20-18-5-3-2-4-16(18)7-9-23(20)29/h2-14,28-29H,1H3. The van der Waals surface area contributed by atoms with Crippen molar-refractivity contribution in [3.63, 3.8) is 0 Å². The van der Waals surface area contributed by atoms with E-state index in [9.17, 15) is 10.2 Å². The summed E-state index contributed by atoms with van der Waals surface area (Å²) in [6.07, 6.45) is 1.63. The number of oxazole rings is 1. The zero-order valence-electron chi connectivity index (χ0n) is 16.2. The van der Waals surface area contributed by atoms with E-state index in [1.54, 1.807) is 30.5 Å². The van der Waals surface area contributed by atoms with E-state index in [2.05, 4.69) is 9.98 Å². The number of aliphatic imine (C=N–C) groups is 1. The minimum atomic E-state index is 0.0604. The van der Waals surface area contributed by atoms with Gasteiger partial charge in [0.25, 0.3) is 0 Å². The zero-order valence-corrected chi connectivity index (χ0v) is 16.2. The van der Waals surface area contributed by atoms with Crippen molar-refractivity contribution < 1.29 is 14.6 Å². The van der Waals surface area contributed by atoms with Gasteiger partial charge in [0.05, 0.1) is 11.3 Å². The van der Waals surface area contributed by atoms with Gasteiger partial charge < -0.3 is 14.6 Å². The number of aryl methyl sites for hydroxylation is 1. The van der Waals surface area contributed by atoms with E-state index in [0.717, 1.165) is 21.9 Å². The van der Waals surface area contributed by atoms with Gasteiger partial charge >= 0.3 is 0 Å². The number of benzene rings is 4. The molecule has 0 atom stereocenters. The van der Waals surface area contributed by atoms with E-state index in [0.29, 0.717) is 28.3 Å². The Kier molecular flexibility index (Phi) is 4.21. The summed E-state index contributed by atoms with van der Waals surface area (Å²) in [6, 6.07) is 22.1. The van der Waals surface area contributed by atoms with Crippen molar-refractivity contribution in [1.82, 2.24) is 4.98 Å². The third-order valence-electron chi connectivity index (χ3n) is 5.04. The lowest BCUT2D eigenvalue weighted by Gasteiger charge is -2.05. The van der Waals surface area contributed by atoms with Gasteiger partial charge in [-0.3, -0.25) is 4.99 Å². The SMILES string of the molecule is Cc1ccc2oc(-c3cc(N=Cc4c(O)ccc5ccccc45)ccc3O)nc2c1. The molecule has 1 heterocycles. The van der Waals surface area contributed by atoms with Gasteiger partial charge in [-0.15, -0.1) is 0 Å². The van der Waals surface area contributed by atoms with Crippen LogP contribution in [0.4, 0.5) is 5.69 Å². The Labute approximate surface area is 172 Å². The number of rotatable bonds is 3. The lowest BCUT2D eigenvalue weighted by atomic mass is 10.0. The Morgan fingerprint density at radius 3 is 2.63 bits per heavy atom. The van der Waals surface area contributed by atoms with Crippen molar-refractivity contribution in [2.75, 3.05) is 0 Å². The maximum atomic E-state index is 10.3. The van der Waals surface area contributed by atoms with Gasteiger partial charge in [0.1, 0.15) is 17.0 Å². The average Bonchev–Trinajstić information content (AvgIpc) is 3.17. The second-order valence-electron chi connectivity index (χ2n) is 7.17. The molecular formula is C25H18N2O3. The molecule has 5 aromatic rings. The second-order valence-corrected chi connectivity index (χ2v) is 7.17. The normalized spacial score (nSPS) is 11.6. The summed E-state index contributed by atoms with van der Waals surface area (Å²) in [5.41, 5.74) is 4.18. The minimum absolute atomic E-state index is 0.0604. The molecule has 5 rings (SSSR count). The van der Waals surface area contributed by atoms with Crippen LogP contribution in [0.3, 0.4) is 0 Å². The number of nitrogens with zero attached hydrogens (tertiary/aromatic N) is 2. The molecule has 0 aliphatic carbocycles. The first-order valence-electron chi connectivity index (χ1n) is 9.54. The molecule has 0 saturated heterocycles. The summed E-state index contributed by atoms with van der Waals surface area (Å²) in [6.45, 7) is 1.99. The number of hydrogen-bond donors (Lipinski definition) is 2. The highest BCUT2D eigenvalue weighted by Gasteiger charge is 2.13. The number of fused-ring (bicyclic) bond motifs is 2. The summed E-state index contributed by atoms with van der Waals surface area (Å²) in [5, 5.41) is 22.6. The summed E-state index contributed by atoms with van der Waals surface area (Å²) in [5.74, 6) is 0.550. The van der Waals surface area contributed by atoms with Crippen LogP contribution in [0.1, 0.15) is 11.1 Å². The first kappa shape index (κ1) is 17.9. The Hall–Kier alpha value is -4.12. The maximum absolute atomic E-state index is 10.3. The van der Waals surface area contributed by atoms with Crippen LogP contribution >= 0.6 is 0 Å². The third kappa shape index (κ3) is 3.16. The molecule has 0 bridgehead atoms. The van der Waals surface area contributed by atoms with Crippen LogP contribution in [-0.2, 0) is 0 Å². The molecule has 0 spiro atoms. The Morgan fingerprint density at radius 2 is 1.73 bits per heavy atom. The fraction of sp³-hybridized carbons (Fsp3) is 0.0400. The fourth-order valence-corrected chi connectivity index (χ4v) is 3.49. The minimum Gasteiger partial charge on any atom is -0.507 e. The van der Waals surface area contributed by atoms with Crippen molar-refractivity contribution in [3.8, 4) is 23.0 Å². The number of aromatic hydroxyl groups is 2. The molecule has 5 heteroatoms. The van der Waals surface area contributed by atoms with Gasteiger partial charge in [-0.25, -0.2) is 4.98 Å². The fourth-order valence-electron chi connectivity index (χ4n) is 3.49. The van der Waals surface area contributed by atoms with E-state index in [4.69, 9.17) is 4.42 Å². The van der Waals surface area contributed by atoms with E-state index in [1.807, 2.05) is 55.5 Å². The van der Waals surface area contributed by atoms with Crippen LogP contribution in [0.25, 0.3) is 33.3 Å². The summed E-state index contributed by atoms with van der Waals surface area (Å²) >= 11 is 0. The highest BCUT2D eigenvalue weighted by atomic mass is 16.3. The molecule has 0 saturated carbocycles. The molecule has 30 heavy (non-hydrogen) atoms. The lowest BCUT2D eigenvalue weighted by molar-refractivity contribution is 0.474. The summed E-state index contributed by atoms with van der Waals surface area (Å²) in [7, 11) is 0. The predicted molar refractivity (Wildman–Crippen MR) is 119 cm³/mol. The van der Waals surface area contributed by atoms with Crippen LogP contribution in [0.15, 0.2) is 82.2 Å². The van der Waals surface area contributed by atoms with Gasteiger partial charge in [0.2, 0.25) is 5.89 Å². The zero-order chi connectivity index (χ0) is 20.7. The average molecular weight is 394 g/mol. The van der Waals surface area contributed by atoms with Crippen molar-refractivity contribution >= 4 is 33.8 Å². The second kappa shape index (κ2) is 7.04. The van der Waals surface area contributed by atoms with Crippen molar-refractivity contribution in [2.24, 2.45) is 4.99 Å². The Morgan fingerprint density at radius 1 is 0.900 bits per heavy atom. The number of hydrogen-bond acceptors (Lipinski definition) is 5. The third-order valence-corrected chi connectivity index (χ3v) is 5.04. The first-order valence-corrected chi connectivity index (χ1v) is 9.54. The lowest BCUT2D eigenvalue weighted by Crippen LogP contribution is -1.86. The van der Waals surface area contributed by atoms with E-state index < -0.39 is 0 Å². The van der Waals surface area contributed by atoms with Crippen LogP contribution in [0.5, 0.6) is 11.5 Å². The molecule has 0 fully saturated rings. The summed E-state index contributed by atoms with van der Waals surface area (Å²) in [4.78, 5) is 9.02. The maximum Gasteiger partial charge on any atom is 0.231 e. The number of phenolic OH excluding ortho intramolecular Hbond substituents is 2. The first-order chi connectivity index (χ1) is 14.6. The largest absolute Gasteiger partial charge is 0.507 e. The molecule has 5 nitrogen and oxygen atoms in total. The monoisotopic (exact) mass is 394 g/mol. The molecule has 0 aliphatic heterocycles. The Balaban J connectivity index is 1.56.